The maximum atomic E-state index is 12.9. The molecule has 0 radical (unpaired) electrons. The van der Waals surface area contributed by atoms with Gasteiger partial charge < -0.3 is 4.74 Å². The molecule has 0 saturated carbocycles. The first-order valence-corrected chi connectivity index (χ1v) is 11.2. The van der Waals surface area contributed by atoms with E-state index in [0.717, 1.165) is 11.3 Å². The minimum absolute atomic E-state index is 0.0874. The Morgan fingerprint density at radius 2 is 1.52 bits per heavy atom. The summed E-state index contributed by atoms with van der Waals surface area (Å²) in [5, 5.41) is 1.76. The third-order valence-corrected chi connectivity index (χ3v) is 5.99. The Bertz CT molecular complexity index is 1070. The number of methoxy groups -OCH3 is 1. The number of ether oxygens (including phenoxy) is 1. The third-order valence-electron chi connectivity index (χ3n) is 4.51. The van der Waals surface area contributed by atoms with E-state index in [4.69, 9.17) is 4.74 Å². The van der Waals surface area contributed by atoms with E-state index < -0.39 is 10.0 Å². The van der Waals surface area contributed by atoms with E-state index in [0.29, 0.717) is 12.1 Å². The van der Waals surface area contributed by atoms with Gasteiger partial charge in [-0.1, -0.05) is 48.5 Å². The summed E-state index contributed by atoms with van der Waals surface area (Å²) in [6.07, 6.45) is 0. The predicted octanol–water partition coefficient (Wildman–Crippen LogP) is 2.96. The minimum Gasteiger partial charge on any atom is -0.383 e. The molecule has 0 bridgehead atoms. The molecule has 0 aliphatic carbocycles. The van der Waals surface area contributed by atoms with Crippen LogP contribution in [0.2, 0.25) is 0 Å². The van der Waals surface area contributed by atoms with Gasteiger partial charge in [-0.15, -0.1) is 0 Å². The summed E-state index contributed by atoms with van der Waals surface area (Å²) in [6.45, 7) is 0.926. The summed E-state index contributed by atoms with van der Waals surface area (Å²) in [5.74, 6) is -0.337. The molecule has 31 heavy (non-hydrogen) atoms. The van der Waals surface area contributed by atoms with Crippen molar-refractivity contribution < 1.29 is 17.9 Å². The summed E-state index contributed by atoms with van der Waals surface area (Å²) in [7, 11) is -2.16. The van der Waals surface area contributed by atoms with Crippen molar-refractivity contribution in [3.05, 3.63) is 96.1 Å². The van der Waals surface area contributed by atoms with Crippen molar-refractivity contribution in [2.45, 2.75) is 11.4 Å². The lowest BCUT2D eigenvalue weighted by Crippen LogP contribution is -2.42. The van der Waals surface area contributed by atoms with Gasteiger partial charge in [-0.2, -0.15) is 0 Å². The molecule has 8 heteroatoms. The number of rotatable bonds is 10. The second-order valence-corrected chi connectivity index (χ2v) is 8.53. The maximum absolute atomic E-state index is 12.9. The Balaban J connectivity index is 1.74. The van der Waals surface area contributed by atoms with Crippen molar-refractivity contribution in [2.24, 2.45) is 0 Å². The fourth-order valence-corrected chi connectivity index (χ4v) is 3.92. The molecule has 3 rings (SSSR count). The Morgan fingerprint density at radius 1 is 0.903 bits per heavy atom. The van der Waals surface area contributed by atoms with Crippen LogP contribution in [0.15, 0.2) is 89.8 Å². The molecular weight excluding hydrogens is 414 g/mol. The summed E-state index contributed by atoms with van der Waals surface area (Å²) >= 11 is 0. The van der Waals surface area contributed by atoms with Crippen LogP contribution in [0.1, 0.15) is 15.9 Å². The molecule has 0 atom stereocenters. The average Bonchev–Trinajstić information content (AvgIpc) is 2.80. The van der Waals surface area contributed by atoms with Gasteiger partial charge in [-0.05, 0) is 42.0 Å². The quantitative estimate of drug-likeness (QED) is 0.375. The van der Waals surface area contributed by atoms with Crippen molar-refractivity contribution in [3.63, 3.8) is 0 Å². The molecule has 0 aliphatic heterocycles. The molecule has 1 amide bonds. The molecule has 7 nitrogen and oxygen atoms in total. The van der Waals surface area contributed by atoms with Gasteiger partial charge in [0, 0.05) is 19.2 Å². The van der Waals surface area contributed by atoms with Gasteiger partial charge in [0.15, 0.2) is 0 Å². The van der Waals surface area contributed by atoms with Crippen LogP contribution in [0.5, 0.6) is 0 Å². The number of anilines is 1. The molecular formula is C23H25N3O4S. The highest BCUT2D eigenvalue weighted by molar-refractivity contribution is 7.89. The van der Waals surface area contributed by atoms with Crippen LogP contribution in [-0.4, -0.2) is 34.6 Å². The van der Waals surface area contributed by atoms with Crippen LogP contribution < -0.4 is 15.2 Å². The van der Waals surface area contributed by atoms with Crippen LogP contribution in [0.25, 0.3) is 0 Å². The minimum atomic E-state index is -3.65. The first-order valence-electron chi connectivity index (χ1n) is 9.76. The molecule has 162 valence electrons. The molecule has 0 saturated heterocycles. The van der Waals surface area contributed by atoms with Crippen molar-refractivity contribution in [3.8, 4) is 0 Å². The van der Waals surface area contributed by atoms with E-state index in [-0.39, 0.29) is 24.0 Å². The van der Waals surface area contributed by atoms with Crippen molar-refractivity contribution >= 4 is 21.6 Å². The number of nitrogens with zero attached hydrogens (tertiary/aromatic N) is 1. The number of amides is 1. The Labute approximate surface area is 182 Å². The first-order chi connectivity index (χ1) is 15.0. The highest BCUT2D eigenvalue weighted by Crippen LogP contribution is 2.16. The molecule has 0 fully saturated rings. The number of hydrazine groups is 1. The fraction of sp³-hybridized carbons (Fsp3) is 0.174. The van der Waals surface area contributed by atoms with Gasteiger partial charge in [0.25, 0.3) is 5.91 Å². The summed E-state index contributed by atoms with van der Waals surface area (Å²) in [6, 6.07) is 25.1. The third kappa shape index (κ3) is 6.39. The number of para-hydroxylation sites is 1. The highest BCUT2D eigenvalue weighted by atomic mass is 32.2. The zero-order valence-corrected chi connectivity index (χ0v) is 18.0. The lowest BCUT2D eigenvalue weighted by molar-refractivity contribution is 0.0948. The Kier molecular flexibility index (Phi) is 7.77. The molecule has 3 aromatic rings. The van der Waals surface area contributed by atoms with Gasteiger partial charge in [-0.3, -0.25) is 15.2 Å². The number of sulfonamides is 1. The predicted molar refractivity (Wildman–Crippen MR) is 120 cm³/mol. The normalized spacial score (nSPS) is 11.1. The first kappa shape index (κ1) is 22.5. The Hall–Kier alpha value is -3.20. The van der Waals surface area contributed by atoms with E-state index in [2.05, 4.69) is 10.1 Å². The van der Waals surface area contributed by atoms with Crippen LogP contribution in [-0.2, 0) is 21.3 Å². The smallest absolute Gasteiger partial charge is 0.269 e. The summed E-state index contributed by atoms with van der Waals surface area (Å²) < 4.78 is 31.9. The van der Waals surface area contributed by atoms with Gasteiger partial charge in [0.05, 0.1) is 23.7 Å². The van der Waals surface area contributed by atoms with Gasteiger partial charge in [-0.25, -0.2) is 13.1 Å². The second-order valence-electron chi connectivity index (χ2n) is 6.76. The monoisotopic (exact) mass is 439 g/mol. The van der Waals surface area contributed by atoms with Crippen molar-refractivity contribution in [1.82, 2.24) is 10.1 Å². The molecule has 0 spiro atoms. The Morgan fingerprint density at radius 3 is 2.13 bits per heavy atom. The highest BCUT2D eigenvalue weighted by Gasteiger charge is 2.16. The largest absolute Gasteiger partial charge is 0.383 e. The maximum Gasteiger partial charge on any atom is 0.269 e. The molecule has 0 heterocycles. The van der Waals surface area contributed by atoms with E-state index in [1.807, 2.05) is 60.7 Å². The van der Waals surface area contributed by atoms with Crippen molar-refractivity contribution in [2.75, 3.05) is 25.3 Å². The summed E-state index contributed by atoms with van der Waals surface area (Å²) in [4.78, 5) is 12.9. The number of carbonyl (C=O) groups is 1. The van der Waals surface area contributed by atoms with E-state index in [1.54, 1.807) is 5.01 Å². The van der Waals surface area contributed by atoms with E-state index in [9.17, 15) is 13.2 Å². The topological polar surface area (TPSA) is 87.7 Å². The van der Waals surface area contributed by atoms with Crippen LogP contribution in [0.3, 0.4) is 0 Å². The number of nitrogens with one attached hydrogen (secondary N) is 2. The fourth-order valence-electron chi connectivity index (χ4n) is 2.90. The zero-order chi connectivity index (χ0) is 22.1. The van der Waals surface area contributed by atoms with Crippen LogP contribution in [0.4, 0.5) is 5.69 Å². The average molecular weight is 440 g/mol. The summed E-state index contributed by atoms with van der Waals surface area (Å²) in [5.41, 5.74) is 5.13. The van der Waals surface area contributed by atoms with Crippen LogP contribution >= 0.6 is 0 Å². The SMILES string of the molecule is COCCNS(=O)(=O)c1ccc(C(=O)NN(Cc2ccccc2)c2ccccc2)cc1. The molecule has 3 aromatic carbocycles. The van der Waals surface area contributed by atoms with Gasteiger partial charge >= 0.3 is 0 Å². The number of hydrogen-bond acceptors (Lipinski definition) is 5. The van der Waals surface area contributed by atoms with Gasteiger partial charge in [0.1, 0.15) is 0 Å². The van der Waals surface area contributed by atoms with Gasteiger partial charge in [0.2, 0.25) is 10.0 Å². The number of hydrogen-bond donors (Lipinski definition) is 2. The molecule has 0 aliphatic rings. The lowest BCUT2D eigenvalue weighted by atomic mass is 10.2. The molecule has 0 aromatic heterocycles. The zero-order valence-electron chi connectivity index (χ0n) is 17.2. The number of carbonyl (C=O) groups excluding carboxylic acids is 1. The number of benzene rings is 3. The van der Waals surface area contributed by atoms with E-state index in [1.165, 1.54) is 31.4 Å². The lowest BCUT2D eigenvalue weighted by Gasteiger charge is -2.25. The standard InChI is InChI=1S/C23H25N3O4S/c1-30-17-16-24-31(28,29)22-14-12-20(13-15-22)23(27)25-26(21-10-6-3-7-11-21)18-19-8-4-2-5-9-19/h2-15,24H,16-18H2,1H3,(H,25,27). The van der Waals surface area contributed by atoms with Crippen molar-refractivity contribution in [1.29, 1.82) is 0 Å². The second kappa shape index (κ2) is 10.7. The molecule has 2 N–H and O–H groups in total. The van der Waals surface area contributed by atoms with Crippen LogP contribution in [0, 0.1) is 0 Å². The van der Waals surface area contributed by atoms with E-state index >= 15 is 0 Å². The molecule has 0 unspecified atom stereocenters.